The Hall–Kier alpha value is -0.870. The minimum absolute atomic E-state index is 0.0528. The van der Waals surface area contributed by atoms with E-state index in [1.165, 1.54) is 0 Å². The number of carbonyl (C=O) groups excluding carboxylic acids is 1. The van der Waals surface area contributed by atoms with E-state index in [2.05, 4.69) is 11.9 Å². The van der Waals surface area contributed by atoms with Gasteiger partial charge in [0, 0.05) is 32.1 Å². The van der Waals surface area contributed by atoms with Crippen molar-refractivity contribution in [1.29, 1.82) is 0 Å². The van der Waals surface area contributed by atoms with Crippen LogP contribution in [0.1, 0.15) is 20.3 Å². The summed E-state index contributed by atoms with van der Waals surface area (Å²) >= 11 is 0. The highest BCUT2D eigenvalue weighted by molar-refractivity contribution is 5.76. The van der Waals surface area contributed by atoms with Gasteiger partial charge < -0.3 is 10.4 Å². The van der Waals surface area contributed by atoms with Crippen molar-refractivity contribution < 1.29 is 9.90 Å². The summed E-state index contributed by atoms with van der Waals surface area (Å²) in [5.74, 6) is 0.0528. The lowest BCUT2D eigenvalue weighted by molar-refractivity contribution is -0.121. The normalized spacial score (nSPS) is 10.7. The lowest BCUT2D eigenvalue weighted by Gasteiger charge is -2.19. The Kier molecular flexibility index (Phi) is 7.95. The number of nitrogens with one attached hydrogen (secondary N) is 1. The lowest BCUT2D eigenvalue weighted by atomic mass is 10.3. The third-order valence-electron chi connectivity index (χ3n) is 1.91. The van der Waals surface area contributed by atoms with E-state index in [1.807, 2.05) is 18.7 Å². The van der Waals surface area contributed by atoms with Crippen molar-refractivity contribution in [2.24, 2.45) is 0 Å². The summed E-state index contributed by atoms with van der Waals surface area (Å²) in [7, 11) is 0. The summed E-state index contributed by atoms with van der Waals surface area (Å²) < 4.78 is 0. The molecule has 0 saturated carbocycles. The number of hydrogen-bond donors (Lipinski definition) is 2. The molecule has 0 atom stereocenters. The molecule has 88 valence electrons. The van der Waals surface area contributed by atoms with Gasteiger partial charge in [-0.3, -0.25) is 9.69 Å². The van der Waals surface area contributed by atoms with Gasteiger partial charge in [0.2, 0.25) is 5.91 Å². The van der Waals surface area contributed by atoms with Gasteiger partial charge in [0.15, 0.2) is 0 Å². The largest absolute Gasteiger partial charge is 0.395 e. The predicted molar refractivity (Wildman–Crippen MR) is 61.6 cm³/mol. The second-order valence-electron chi connectivity index (χ2n) is 3.79. The van der Waals surface area contributed by atoms with Gasteiger partial charge in [0.25, 0.3) is 0 Å². The first-order chi connectivity index (χ1) is 7.10. The van der Waals surface area contributed by atoms with Gasteiger partial charge in [0.1, 0.15) is 0 Å². The van der Waals surface area contributed by atoms with Crippen molar-refractivity contribution in [2.45, 2.75) is 26.3 Å². The average molecular weight is 214 g/mol. The molecule has 0 aliphatic carbocycles. The van der Waals surface area contributed by atoms with E-state index in [-0.39, 0.29) is 18.6 Å². The number of rotatable bonds is 8. The maximum Gasteiger partial charge on any atom is 0.221 e. The molecule has 0 saturated heterocycles. The van der Waals surface area contributed by atoms with E-state index in [1.54, 1.807) is 6.08 Å². The fourth-order valence-electron chi connectivity index (χ4n) is 1.27. The molecule has 0 aliphatic heterocycles. The number of hydrogen-bond acceptors (Lipinski definition) is 3. The zero-order valence-corrected chi connectivity index (χ0v) is 9.70. The van der Waals surface area contributed by atoms with Crippen LogP contribution in [0.3, 0.4) is 0 Å². The van der Waals surface area contributed by atoms with Crippen LogP contribution >= 0.6 is 0 Å². The Morgan fingerprint density at radius 1 is 1.53 bits per heavy atom. The monoisotopic (exact) mass is 214 g/mol. The quantitative estimate of drug-likeness (QED) is 0.574. The third-order valence-corrected chi connectivity index (χ3v) is 1.91. The van der Waals surface area contributed by atoms with Gasteiger partial charge in [-0.15, -0.1) is 6.58 Å². The van der Waals surface area contributed by atoms with Crippen molar-refractivity contribution in [3.8, 4) is 0 Å². The molecule has 0 spiro atoms. The molecule has 0 rings (SSSR count). The first-order valence-corrected chi connectivity index (χ1v) is 5.33. The molecule has 0 radical (unpaired) electrons. The second kappa shape index (κ2) is 8.44. The van der Waals surface area contributed by atoms with E-state index in [9.17, 15) is 4.79 Å². The minimum atomic E-state index is 0.0528. The predicted octanol–water partition coefficient (Wildman–Crippen LogP) is 0.381. The van der Waals surface area contributed by atoms with Crippen molar-refractivity contribution in [2.75, 3.05) is 26.2 Å². The molecule has 0 heterocycles. The van der Waals surface area contributed by atoms with Crippen LogP contribution in [0, 0.1) is 0 Å². The van der Waals surface area contributed by atoms with Gasteiger partial charge in [-0.25, -0.2) is 0 Å². The van der Waals surface area contributed by atoms with Gasteiger partial charge in [-0.2, -0.15) is 0 Å². The fraction of sp³-hybridized carbons (Fsp3) is 0.727. The molecule has 2 N–H and O–H groups in total. The van der Waals surface area contributed by atoms with E-state index in [0.29, 0.717) is 26.1 Å². The Labute approximate surface area is 92.0 Å². The molecule has 0 aliphatic rings. The van der Waals surface area contributed by atoms with Crippen molar-refractivity contribution in [1.82, 2.24) is 10.2 Å². The standard InChI is InChI=1S/C11H22N2O2/c1-4-6-13(8-9-14)7-5-11(15)12-10(2)3/h4,10,14H,1,5-9H2,2-3H3,(H,12,15). The number of aliphatic hydroxyl groups excluding tert-OH is 1. The molecule has 0 aromatic heterocycles. The molecular weight excluding hydrogens is 192 g/mol. The third kappa shape index (κ3) is 8.15. The molecule has 4 nitrogen and oxygen atoms in total. The van der Waals surface area contributed by atoms with Crippen molar-refractivity contribution in [3.05, 3.63) is 12.7 Å². The summed E-state index contributed by atoms with van der Waals surface area (Å²) in [6.07, 6.45) is 2.24. The van der Waals surface area contributed by atoms with Crippen LogP contribution in [-0.4, -0.2) is 48.2 Å². The molecule has 0 fully saturated rings. The fourth-order valence-corrected chi connectivity index (χ4v) is 1.27. The Balaban J connectivity index is 3.77. The summed E-state index contributed by atoms with van der Waals surface area (Å²) in [5, 5.41) is 11.6. The molecular formula is C11H22N2O2. The summed E-state index contributed by atoms with van der Waals surface area (Å²) in [4.78, 5) is 13.3. The highest BCUT2D eigenvalue weighted by atomic mass is 16.3. The van der Waals surface area contributed by atoms with E-state index in [0.717, 1.165) is 0 Å². The number of carbonyl (C=O) groups is 1. The average Bonchev–Trinajstić information content (AvgIpc) is 2.14. The van der Waals surface area contributed by atoms with E-state index < -0.39 is 0 Å². The SMILES string of the molecule is C=CCN(CCO)CCC(=O)NC(C)C. The highest BCUT2D eigenvalue weighted by Crippen LogP contribution is 1.92. The Bertz CT molecular complexity index is 193. The first-order valence-electron chi connectivity index (χ1n) is 5.33. The molecule has 1 amide bonds. The maximum atomic E-state index is 11.3. The molecule has 0 bridgehead atoms. The first kappa shape index (κ1) is 14.1. The summed E-state index contributed by atoms with van der Waals surface area (Å²) in [5.41, 5.74) is 0. The van der Waals surface area contributed by atoms with Crippen LogP contribution in [0.4, 0.5) is 0 Å². The van der Waals surface area contributed by atoms with Gasteiger partial charge >= 0.3 is 0 Å². The number of amides is 1. The molecule has 0 aromatic carbocycles. The number of nitrogens with zero attached hydrogens (tertiary/aromatic N) is 1. The Morgan fingerprint density at radius 3 is 2.67 bits per heavy atom. The number of aliphatic hydroxyl groups is 1. The molecule has 15 heavy (non-hydrogen) atoms. The lowest BCUT2D eigenvalue weighted by Crippen LogP contribution is -2.35. The summed E-state index contributed by atoms with van der Waals surface area (Å²) in [6.45, 7) is 9.57. The smallest absolute Gasteiger partial charge is 0.221 e. The van der Waals surface area contributed by atoms with Crippen molar-refractivity contribution in [3.63, 3.8) is 0 Å². The van der Waals surface area contributed by atoms with Gasteiger partial charge in [0.05, 0.1) is 6.61 Å². The van der Waals surface area contributed by atoms with Crippen LogP contribution in [0.25, 0.3) is 0 Å². The van der Waals surface area contributed by atoms with Crippen molar-refractivity contribution >= 4 is 5.91 Å². The molecule has 4 heteroatoms. The maximum absolute atomic E-state index is 11.3. The van der Waals surface area contributed by atoms with E-state index in [4.69, 9.17) is 5.11 Å². The van der Waals surface area contributed by atoms with Crippen LogP contribution < -0.4 is 5.32 Å². The van der Waals surface area contributed by atoms with Crippen LogP contribution in [0.2, 0.25) is 0 Å². The molecule has 0 aromatic rings. The van der Waals surface area contributed by atoms with Gasteiger partial charge in [-0.1, -0.05) is 6.08 Å². The van der Waals surface area contributed by atoms with E-state index >= 15 is 0 Å². The topological polar surface area (TPSA) is 52.6 Å². The Morgan fingerprint density at radius 2 is 2.20 bits per heavy atom. The van der Waals surface area contributed by atoms with Crippen LogP contribution in [0.5, 0.6) is 0 Å². The highest BCUT2D eigenvalue weighted by Gasteiger charge is 2.07. The minimum Gasteiger partial charge on any atom is -0.395 e. The zero-order valence-electron chi connectivity index (χ0n) is 9.70. The van der Waals surface area contributed by atoms with Crippen LogP contribution in [-0.2, 0) is 4.79 Å². The molecule has 0 unspecified atom stereocenters. The summed E-state index contributed by atoms with van der Waals surface area (Å²) in [6, 6.07) is 0.184. The van der Waals surface area contributed by atoms with Gasteiger partial charge in [-0.05, 0) is 13.8 Å². The van der Waals surface area contributed by atoms with Crippen LogP contribution in [0.15, 0.2) is 12.7 Å². The second-order valence-corrected chi connectivity index (χ2v) is 3.79. The zero-order chi connectivity index (χ0) is 11.7.